The lowest BCUT2D eigenvalue weighted by Crippen LogP contribution is -2.41. The van der Waals surface area contributed by atoms with Crippen molar-refractivity contribution in [2.75, 3.05) is 0 Å². The number of carbonyl (C=O) groups is 1. The maximum atomic E-state index is 13.4. The molecule has 1 aromatic carbocycles. The van der Waals surface area contributed by atoms with E-state index < -0.39 is 45.1 Å². The van der Waals surface area contributed by atoms with Crippen LogP contribution in [0.2, 0.25) is 0 Å². The van der Waals surface area contributed by atoms with Crippen LogP contribution in [0.4, 0.5) is 18.9 Å². The number of nitro groups is 1. The van der Waals surface area contributed by atoms with Gasteiger partial charge in [0.25, 0.3) is 5.91 Å². The van der Waals surface area contributed by atoms with Crippen LogP contribution in [0.5, 0.6) is 0 Å². The molecule has 8 heteroatoms. The number of nitro benzene ring substituents is 1. The van der Waals surface area contributed by atoms with Gasteiger partial charge in [0.15, 0.2) is 5.82 Å². The van der Waals surface area contributed by atoms with Gasteiger partial charge in [-0.05, 0) is 20.8 Å². The van der Waals surface area contributed by atoms with Gasteiger partial charge < -0.3 is 5.32 Å². The van der Waals surface area contributed by atoms with Crippen LogP contribution in [0.25, 0.3) is 0 Å². The van der Waals surface area contributed by atoms with Gasteiger partial charge >= 0.3 is 5.69 Å². The number of rotatable bonds is 2. The van der Waals surface area contributed by atoms with Crippen LogP contribution in [-0.4, -0.2) is 16.4 Å². The average Bonchev–Trinajstić information content (AvgIpc) is 2.23. The number of benzene rings is 1. The summed E-state index contributed by atoms with van der Waals surface area (Å²) in [5, 5.41) is 12.8. The third-order valence-electron chi connectivity index (χ3n) is 2.06. The summed E-state index contributed by atoms with van der Waals surface area (Å²) in [4.78, 5) is 20.9. The largest absolute Gasteiger partial charge is 0.347 e. The molecule has 5 nitrogen and oxygen atoms in total. The molecule has 0 saturated carbocycles. The monoisotopic (exact) mass is 276 g/mol. The smallest absolute Gasteiger partial charge is 0.308 e. The van der Waals surface area contributed by atoms with Gasteiger partial charge in [0.05, 0.1) is 10.5 Å². The Morgan fingerprint density at radius 3 is 2.16 bits per heavy atom. The van der Waals surface area contributed by atoms with E-state index in [0.29, 0.717) is 6.07 Å². The molecule has 1 rings (SSSR count). The number of amides is 1. The van der Waals surface area contributed by atoms with Gasteiger partial charge in [0, 0.05) is 11.6 Å². The summed E-state index contributed by atoms with van der Waals surface area (Å²) in [6, 6.07) is 0.370. The van der Waals surface area contributed by atoms with Crippen LogP contribution < -0.4 is 5.32 Å². The summed E-state index contributed by atoms with van der Waals surface area (Å²) in [7, 11) is 0. The maximum absolute atomic E-state index is 13.4. The fraction of sp³-hybridized carbons (Fsp3) is 0.364. The van der Waals surface area contributed by atoms with E-state index in [-0.39, 0.29) is 0 Å². The first-order valence-corrected chi connectivity index (χ1v) is 5.19. The molecule has 0 aliphatic heterocycles. The molecule has 1 N–H and O–H groups in total. The highest BCUT2D eigenvalue weighted by Crippen LogP contribution is 2.25. The summed E-state index contributed by atoms with van der Waals surface area (Å²) in [6.07, 6.45) is 0. The van der Waals surface area contributed by atoms with Crippen LogP contribution in [0, 0.1) is 27.6 Å². The van der Waals surface area contributed by atoms with Crippen molar-refractivity contribution in [1.29, 1.82) is 0 Å². The zero-order valence-corrected chi connectivity index (χ0v) is 10.4. The minimum atomic E-state index is -2.05. The van der Waals surface area contributed by atoms with Crippen LogP contribution in [0.3, 0.4) is 0 Å². The molecule has 0 heterocycles. The van der Waals surface area contributed by atoms with Crippen LogP contribution in [-0.2, 0) is 0 Å². The Balaban J connectivity index is 3.37. The molecule has 0 aliphatic rings. The lowest BCUT2D eigenvalue weighted by Gasteiger charge is -2.20. The van der Waals surface area contributed by atoms with E-state index in [1.165, 1.54) is 0 Å². The fourth-order valence-corrected chi connectivity index (χ4v) is 1.30. The zero-order chi connectivity index (χ0) is 15.0. The Bertz CT molecular complexity index is 553. The van der Waals surface area contributed by atoms with Crippen molar-refractivity contribution in [3.63, 3.8) is 0 Å². The van der Waals surface area contributed by atoms with Gasteiger partial charge in [-0.15, -0.1) is 0 Å². The summed E-state index contributed by atoms with van der Waals surface area (Å²) >= 11 is 0. The van der Waals surface area contributed by atoms with Crippen molar-refractivity contribution in [3.8, 4) is 0 Å². The molecule has 0 unspecified atom stereocenters. The summed E-state index contributed by atoms with van der Waals surface area (Å²) < 4.78 is 39.7. The van der Waals surface area contributed by atoms with E-state index in [9.17, 15) is 28.1 Å². The molecule has 0 spiro atoms. The molecule has 0 fully saturated rings. The average molecular weight is 276 g/mol. The zero-order valence-electron chi connectivity index (χ0n) is 10.4. The van der Waals surface area contributed by atoms with E-state index in [2.05, 4.69) is 5.32 Å². The number of nitrogens with zero attached hydrogens (tertiary/aromatic N) is 1. The van der Waals surface area contributed by atoms with Crippen molar-refractivity contribution < 1.29 is 22.9 Å². The Kier molecular flexibility index (Phi) is 3.83. The minimum absolute atomic E-state index is 0.370. The second-order valence-corrected chi connectivity index (χ2v) is 4.85. The molecule has 104 valence electrons. The molecule has 0 aromatic heterocycles. The van der Waals surface area contributed by atoms with E-state index in [4.69, 9.17) is 0 Å². The Hall–Kier alpha value is -2.12. The number of halogens is 3. The lowest BCUT2D eigenvalue weighted by atomic mass is 10.1. The van der Waals surface area contributed by atoms with Crippen molar-refractivity contribution in [2.45, 2.75) is 26.3 Å². The molecule has 0 aliphatic carbocycles. The lowest BCUT2D eigenvalue weighted by molar-refractivity contribution is -0.387. The molecular formula is C11H11F3N2O3. The van der Waals surface area contributed by atoms with Crippen molar-refractivity contribution in [3.05, 3.63) is 39.2 Å². The maximum Gasteiger partial charge on any atom is 0.308 e. The van der Waals surface area contributed by atoms with Gasteiger partial charge in [-0.1, -0.05) is 0 Å². The second-order valence-electron chi connectivity index (χ2n) is 4.85. The quantitative estimate of drug-likeness (QED) is 0.512. The normalized spacial score (nSPS) is 11.3. The van der Waals surface area contributed by atoms with Gasteiger partial charge in [0.2, 0.25) is 11.6 Å². The van der Waals surface area contributed by atoms with Crippen LogP contribution in [0.1, 0.15) is 31.1 Å². The minimum Gasteiger partial charge on any atom is -0.347 e. The molecule has 1 amide bonds. The first-order valence-electron chi connectivity index (χ1n) is 5.19. The first kappa shape index (κ1) is 14.9. The van der Waals surface area contributed by atoms with E-state index in [0.717, 1.165) is 0 Å². The summed E-state index contributed by atoms with van der Waals surface area (Å²) in [5.41, 5.74) is -2.97. The SMILES string of the molecule is CC(C)(C)NC(=O)c1cc([N+](=O)[O-])c(F)c(F)c1F. The molecule has 0 bridgehead atoms. The molecule has 1 aromatic rings. The van der Waals surface area contributed by atoms with Crippen molar-refractivity contribution in [1.82, 2.24) is 5.32 Å². The van der Waals surface area contributed by atoms with E-state index in [1.807, 2.05) is 0 Å². The highest BCUT2D eigenvalue weighted by molar-refractivity contribution is 5.95. The summed E-state index contributed by atoms with van der Waals surface area (Å²) in [6.45, 7) is 4.74. The highest BCUT2D eigenvalue weighted by Gasteiger charge is 2.29. The Morgan fingerprint density at radius 2 is 1.74 bits per heavy atom. The van der Waals surface area contributed by atoms with E-state index >= 15 is 0 Å². The van der Waals surface area contributed by atoms with E-state index in [1.54, 1.807) is 20.8 Å². The fourth-order valence-electron chi connectivity index (χ4n) is 1.30. The predicted molar refractivity (Wildman–Crippen MR) is 60.2 cm³/mol. The van der Waals surface area contributed by atoms with Gasteiger partial charge in [-0.3, -0.25) is 14.9 Å². The second kappa shape index (κ2) is 4.87. The number of hydrogen-bond acceptors (Lipinski definition) is 3. The first-order chi connectivity index (χ1) is 8.54. The van der Waals surface area contributed by atoms with Gasteiger partial charge in [-0.2, -0.15) is 4.39 Å². The molecule has 19 heavy (non-hydrogen) atoms. The predicted octanol–water partition coefficient (Wildman–Crippen LogP) is 2.54. The molecular weight excluding hydrogens is 265 g/mol. The summed E-state index contributed by atoms with van der Waals surface area (Å²) in [5.74, 6) is -6.81. The molecule has 0 radical (unpaired) electrons. The number of hydrogen-bond donors (Lipinski definition) is 1. The third-order valence-corrected chi connectivity index (χ3v) is 2.06. The molecule has 0 atom stereocenters. The van der Waals surface area contributed by atoms with Crippen LogP contribution >= 0.6 is 0 Å². The van der Waals surface area contributed by atoms with Gasteiger partial charge in [-0.25, -0.2) is 8.78 Å². The van der Waals surface area contributed by atoms with Crippen molar-refractivity contribution >= 4 is 11.6 Å². The Morgan fingerprint density at radius 1 is 1.21 bits per heavy atom. The third kappa shape index (κ3) is 3.21. The standard InChI is InChI=1S/C11H11F3N2O3/c1-11(2,3)15-10(17)5-4-6(16(18)19)8(13)9(14)7(5)12/h4H,1-3H3,(H,15,17). The number of nitrogens with one attached hydrogen (secondary N) is 1. The Labute approximate surface area is 106 Å². The number of carbonyl (C=O) groups excluding carboxylic acids is 1. The van der Waals surface area contributed by atoms with Crippen LogP contribution in [0.15, 0.2) is 6.07 Å². The highest BCUT2D eigenvalue weighted by atomic mass is 19.2. The van der Waals surface area contributed by atoms with Crippen molar-refractivity contribution in [2.24, 2.45) is 0 Å². The topological polar surface area (TPSA) is 72.2 Å². The van der Waals surface area contributed by atoms with Gasteiger partial charge in [0.1, 0.15) is 0 Å². The molecule has 0 saturated heterocycles.